The molecule has 1 rings (SSSR count). The van der Waals surface area contributed by atoms with Crippen molar-refractivity contribution < 1.29 is 9.53 Å². The van der Waals surface area contributed by atoms with Crippen molar-refractivity contribution in [1.82, 2.24) is 10.3 Å². The van der Waals surface area contributed by atoms with Gasteiger partial charge in [-0.3, -0.25) is 9.78 Å². The van der Waals surface area contributed by atoms with Gasteiger partial charge in [0.15, 0.2) is 0 Å². The summed E-state index contributed by atoms with van der Waals surface area (Å²) < 4.78 is 4.64. The van der Waals surface area contributed by atoms with Gasteiger partial charge in [-0.05, 0) is 30.7 Å². The highest BCUT2D eigenvalue weighted by Crippen LogP contribution is 1.98. The summed E-state index contributed by atoms with van der Waals surface area (Å²) in [6.07, 6.45) is 4.51. The van der Waals surface area contributed by atoms with Crippen molar-refractivity contribution >= 4 is 5.97 Å². The number of carbonyl (C=O) groups is 1. The van der Waals surface area contributed by atoms with Crippen molar-refractivity contribution in [2.24, 2.45) is 5.92 Å². The monoisotopic (exact) mass is 222 g/mol. The van der Waals surface area contributed by atoms with Crippen LogP contribution in [0.4, 0.5) is 0 Å². The highest BCUT2D eigenvalue weighted by molar-refractivity contribution is 5.71. The maximum Gasteiger partial charge on any atom is 0.309 e. The van der Waals surface area contributed by atoms with E-state index in [0.29, 0.717) is 6.54 Å². The molecule has 1 heterocycles. The van der Waals surface area contributed by atoms with Gasteiger partial charge in [-0.25, -0.2) is 0 Å². The van der Waals surface area contributed by atoms with Gasteiger partial charge in [-0.2, -0.15) is 0 Å². The number of pyridine rings is 1. The molecule has 0 radical (unpaired) electrons. The van der Waals surface area contributed by atoms with Gasteiger partial charge in [-0.15, -0.1) is 0 Å². The predicted molar refractivity (Wildman–Crippen MR) is 62.0 cm³/mol. The molecule has 0 spiro atoms. The van der Waals surface area contributed by atoms with Crippen LogP contribution < -0.4 is 5.32 Å². The van der Waals surface area contributed by atoms with Crippen LogP contribution in [0.2, 0.25) is 0 Å². The van der Waals surface area contributed by atoms with Crippen molar-refractivity contribution in [2.45, 2.75) is 13.3 Å². The minimum atomic E-state index is -0.170. The number of aromatic nitrogens is 1. The van der Waals surface area contributed by atoms with Crippen molar-refractivity contribution in [3.63, 3.8) is 0 Å². The van der Waals surface area contributed by atoms with E-state index in [0.717, 1.165) is 13.0 Å². The summed E-state index contributed by atoms with van der Waals surface area (Å²) in [5, 5.41) is 3.23. The highest BCUT2D eigenvalue weighted by Gasteiger charge is 2.11. The normalized spacial score (nSPS) is 12.1. The van der Waals surface area contributed by atoms with E-state index in [9.17, 15) is 4.79 Å². The lowest BCUT2D eigenvalue weighted by molar-refractivity contribution is -0.144. The molecular weight excluding hydrogens is 204 g/mol. The Morgan fingerprint density at radius 3 is 2.81 bits per heavy atom. The molecule has 4 heteroatoms. The second-order valence-electron chi connectivity index (χ2n) is 3.73. The Labute approximate surface area is 96.0 Å². The van der Waals surface area contributed by atoms with E-state index in [-0.39, 0.29) is 11.9 Å². The molecule has 1 aromatic rings. The van der Waals surface area contributed by atoms with Crippen LogP contribution in [0.3, 0.4) is 0 Å². The first-order valence-electron chi connectivity index (χ1n) is 5.41. The number of ether oxygens (including phenoxy) is 1. The second kappa shape index (κ2) is 6.95. The summed E-state index contributed by atoms with van der Waals surface area (Å²) >= 11 is 0. The molecule has 1 atom stereocenters. The van der Waals surface area contributed by atoms with Gasteiger partial charge in [-0.1, -0.05) is 6.92 Å². The molecule has 1 aromatic heterocycles. The third kappa shape index (κ3) is 4.40. The average molecular weight is 222 g/mol. The van der Waals surface area contributed by atoms with Crippen LogP contribution in [-0.4, -0.2) is 31.2 Å². The zero-order valence-corrected chi connectivity index (χ0v) is 9.77. The summed E-state index contributed by atoms with van der Waals surface area (Å²) in [5.74, 6) is -0.265. The van der Waals surface area contributed by atoms with Crippen LogP contribution >= 0.6 is 0 Å². The minimum Gasteiger partial charge on any atom is -0.469 e. The molecule has 0 bridgehead atoms. The fraction of sp³-hybridized carbons (Fsp3) is 0.500. The lowest BCUT2D eigenvalue weighted by Crippen LogP contribution is -2.28. The summed E-state index contributed by atoms with van der Waals surface area (Å²) in [6, 6.07) is 3.98. The Hall–Kier alpha value is -1.42. The molecule has 1 unspecified atom stereocenters. The third-order valence-electron chi connectivity index (χ3n) is 2.39. The van der Waals surface area contributed by atoms with Gasteiger partial charge in [0, 0.05) is 18.9 Å². The molecule has 0 aliphatic carbocycles. The first-order chi connectivity index (χ1) is 7.74. The van der Waals surface area contributed by atoms with Gasteiger partial charge >= 0.3 is 5.97 Å². The molecular formula is C12H18N2O2. The fourth-order valence-corrected chi connectivity index (χ4v) is 1.39. The van der Waals surface area contributed by atoms with Gasteiger partial charge in [0.25, 0.3) is 0 Å². The Morgan fingerprint density at radius 2 is 2.19 bits per heavy atom. The van der Waals surface area contributed by atoms with E-state index in [2.05, 4.69) is 15.0 Å². The van der Waals surface area contributed by atoms with E-state index in [1.165, 1.54) is 12.7 Å². The van der Waals surface area contributed by atoms with Crippen molar-refractivity contribution in [2.75, 3.05) is 20.2 Å². The maximum absolute atomic E-state index is 11.1. The molecule has 0 aliphatic heterocycles. The third-order valence-corrected chi connectivity index (χ3v) is 2.39. The second-order valence-corrected chi connectivity index (χ2v) is 3.73. The molecule has 88 valence electrons. The van der Waals surface area contributed by atoms with E-state index in [1.54, 1.807) is 12.4 Å². The Balaban J connectivity index is 2.15. The first-order valence-corrected chi connectivity index (χ1v) is 5.41. The largest absolute Gasteiger partial charge is 0.469 e. The number of nitrogens with zero attached hydrogens (tertiary/aromatic N) is 1. The Kier molecular flexibility index (Phi) is 5.50. The molecule has 0 saturated carbocycles. The summed E-state index contributed by atoms with van der Waals surface area (Å²) in [7, 11) is 1.41. The highest BCUT2D eigenvalue weighted by atomic mass is 16.5. The Bertz CT molecular complexity index is 314. The predicted octanol–water partition coefficient (Wildman–Crippen LogP) is 1.02. The molecule has 0 aliphatic rings. The topological polar surface area (TPSA) is 51.2 Å². The maximum atomic E-state index is 11.1. The lowest BCUT2D eigenvalue weighted by atomic mass is 10.1. The molecule has 0 fully saturated rings. The van der Waals surface area contributed by atoms with Crippen molar-refractivity contribution in [1.29, 1.82) is 0 Å². The van der Waals surface area contributed by atoms with Crippen LogP contribution in [0, 0.1) is 5.92 Å². The molecule has 16 heavy (non-hydrogen) atoms. The number of rotatable bonds is 6. The zero-order valence-electron chi connectivity index (χ0n) is 9.77. The van der Waals surface area contributed by atoms with Crippen LogP contribution in [0.15, 0.2) is 24.5 Å². The van der Waals surface area contributed by atoms with Gasteiger partial charge in [0.2, 0.25) is 0 Å². The number of hydrogen-bond donors (Lipinski definition) is 1. The van der Waals surface area contributed by atoms with Gasteiger partial charge in [0.05, 0.1) is 13.0 Å². The Morgan fingerprint density at radius 1 is 1.50 bits per heavy atom. The quantitative estimate of drug-likeness (QED) is 0.577. The zero-order chi connectivity index (χ0) is 11.8. The first kappa shape index (κ1) is 12.6. The van der Waals surface area contributed by atoms with E-state index in [4.69, 9.17) is 0 Å². The SMILES string of the molecule is COC(=O)C(C)CNCCc1ccncc1. The molecule has 0 saturated heterocycles. The summed E-state index contributed by atoms with van der Waals surface area (Å²) in [4.78, 5) is 15.1. The molecule has 1 N–H and O–H groups in total. The molecule has 0 amide bonds. The number of methoxy groups -OCH3 is 1. The fourth-order valence-electron chi connectivity index (χ4n) is 1.39. The van der Waals surface area contributed by atoms with Crippen molar-refractivity contribution in [3.8, 4) is 0 Å². The smallest absolute Gasteiger partial charge is 0.309 e. The van der Waals surface area contributed by atoms with Gasteiger partial charge < -0.3 is 10.1 Å². The number of carbonyl (C=O) groups excluding carboxylic acids is 1. The van der Waals surface area contributed by atoms with E-state index >= 15 is 0 Å². The van der Waals surface area contributed by atoms with Crippen molar-refractivity contribution in [3.05, 3.63) is 30.1 Å². The summed E-state index contributed by atoms with van der Waals surface area (Å²) in [6.45, 7) is 3.36. The van der Waals surface area contributed by atoms with E-state index in [1.807, 2.05) is 19.1 Å². The van der Waals surface area contributed by atoms with Crippen LogP contribution in [-0.2, 0) is 16.0 Å². The molecule has 4 nitrogen and oxygen atoms in total. The minimum absolute atomic E-state index is 0.0950. The number of hydrogen-bond acceptors (Lipinski definition) is 4. The van der Waals surface area contributed by atoms with Gasteiger partial charge in [0.1, 0.15) is 0 Å². The van der Waals surface area contributed by atoms with Crippen LogP contribution in [0.25, 0.3) is 0 Å². The average Bonchev–Trinajstić information content (AvgIpc) is 2.34. The molecule has 0 aromatic carbocycles. The van der Waals surface area contributed by atoms with E-state index < -0.39 is 0 Å². The number of nitrogens with one attached hydrogen (secondary N) is 1. The van der Waals surface area contributed by atoms with Crippen LogP contribution in [0.5, 0.6) is 0 Å². The lowest BCUT2D eigenvalue weighted by Gasteiger charge is -2.10. The van der Waals surface area contributed by atoms with Crippen LogP contribution in [0.1, 0.15) is 12.5 Å². The standard InChI is InChI=1S/C12H18N2O2/c1-10(12(15)16-2)9-14-8-5-11-3-6-13-7-4-11/h3-4,6-7,10,14H,5,8-9H2,1-2H3. The summed E-state index contributed by atoms with van der Waals surface area (Å²) in [5.41, 5.74) is 1.24. The number of esters is 1.